The van der Waals surface area contributed by atoms with Crippen LogP contribution in [0.4, 0.5) is 0 Å². The number of carbonyl (C=O) groups is 1. The summed E-state index contributed by atoms with van der Waals surface area (Å²) in [5.74, 6) is 0.00242. The normalized spacial score (nSPS) is 13.3. The molecule has 1 unspecified atom stereocenters. The molecule has 0 heterocycles. The summed E-state index contributed by atoms with van der Waals surface area (Å²) in [6.45, 7) is 11.3. The van der Waals surface area contributed by atoms with Crippen LogP contribution in [0.2, 0.25) is 0 Å². The van der Waals surface area contributed by atoms with E-state index in [2.05, 4.69) is 50.4 Å². The topological polar surface area (TPSA) is 38.3 Å². The molecule has 1 atom stereocenters. The minimum atomic E-state index is -0.262. The minimum Gasteiger partial charge on any atom is -0.468 e. The van der Waals surface area contributed by atoms with Gasteiger partial charge < -0.3 is 10.1 Å². The fraction of sp³-hybridized carbons (Fsp3) is 0.588. The van der Waals surface area contributed by atoms with Crippen LogP contribution in [0.25, 0.3) is 0 Å². The molecule has 1 aromatic carbocycles. The highest BCUT2D eigenvalue weighted by atomic mass is 16.5. The first-order valence-electron chi connectivity index (χ1n) is 7.16. The number of methoxy groups -OCH3 is 1. The zero-order valence-electron chi connectivity index (χ0n) is 13.5. The highest BCUT2D eigenvalue weighted by Crippen LogP contribution is 2.22. The molecule has 0 amide bonds. The number of nitrogens with one attached hydrogen (secondary N) is 1. The SMILES string of the molecule is COC(=O)C(NCc1ccc(C(C)(C)C)cc1)C(C)C. The Hall–Kier alpha value is -1.35. The average molecular weight is 277 g/mol. The molecule has 20 heavy (non-hydrogen) atoms. The second-order valence-electron chi connectivity index (χ2n) is 6.57. The fourth-order valence-corrected chi connectivity index (χ4v) is 2.07. The van der Waals surface area contributed by atoms with Crippen molar-refractivity contribution >= 4 is 5.97 Å². The van der Waals surface area contributed by atoms with Crippen molar-refractivity contribution in [1.82, 2.24) is 5.32 Å². The molecule has 3 heteroatoms. The Morgan fingerprint density at radius 2 is 1.75 bits per heavy atom. The van der Waals surface area contributed by atoms with Gasteiger partial charge in [0.2, 0.25) is 0 Å². The van der Waals surface area contributed by atoms with Crippen molar-refractivity contribution in [1.29, 1.82) is 0 Å². The van der Waals surface area contributed by atoms with Gasteiger partial charge in [-0.1, -0.05) is 58.9 Å². The van der Waals surface area contributed by atoms with E-state index in [0.717, 1.165) is 0 Å². The van der Waals surface area contributed by atoms with Crippen LogP contribution in [0.3, 0.4) is 0 Å². The lowest BCUT2D eigenvalue weighted by molar-refractivity contribution is -0.144. The van der Waals surface area contributed by atoms with E-state index in [1.54, 1.807) is 0 Å². The van der Waals surface area contributed by atoms with E-state index in [0.29, 0.717) is 6.54 Å². The maximum atomic E-state index is 11.7. The van der Waals surface area contributed by atoms with Crippen molar-refractivity contribution in [2.45, 2.75) is 52.6 Å². The third kappa shape index (κ3) is 4.64. The predicted molar refractivity (Wildman–Crippen MR) is 82.6 cm³/mol. The third-order valence-electron chi connectivity index (χ3n) is 3.47. The van der Waals surface area contributed by atoms with Gasteiger partial charge in [0, 0.05) is 6.54 Å². The summed E-state index contributed by atoms with van der Waals surface area (Å²) < 4.78 is 4.82. The Morgan fingerprint density at radius 3 is 2.15 bits per heavy atom. The van der Waals surface area contributed by atoms with Gasteiger partial charge in [-0.05, 0) is 22.5 Å². The summed E-state index contributed by atoms with van der Waals surface area (Å²) in [6, 6.07) is 8.27. The van der Waals surface area contributed by atoms with Crippen molar-refractivity contribution in [3.8, 4) is 0 Å². The van der Waals surface area contributed by atoms with Crippen LogP contribution in [0.1, 0.15) is 45.7 Å². The van der Waals surface area contributed by atoms with Gasteiger partial charge in [-0.15, -0.1) is 0 Å². The molecule has 0 aliphatic carbocycles. The van der Waals surface area contributed by atoms with Crippen molar-refractivity contribution < 1.29 is 9.53 Å². The first-order chi connectivity index (χ1) is 9.25. The Balaban J connectivity index is 2.67. The van der Waals surface area contributed by atoms with Gasteiger partial charge in [0.15, 0.2) is 0 Å². The van der Waals surface area contributed by atoms with Gasteiger partial charge in [-0.2, -0.15) is 0 Å². The first kappa shape index (κ1) is 16.7. The summed E-state index contributed by atoms with van der Waals surface area (Å²) in [7, 11) is 1.43. The fourth-order valence-electron chi connectivity index (χ4n) is 2.07. The molecular formula is C17H27NO2. The molecule has 1 N–H and O–H groups in total. The van der Waals surface area contributed by atoms with Crippen LogP contribution in [-0.4, -0.2) is 19.1 Å². The first-order valence-corrected chi connectivity index (χ1v) is 7.16. The lowest BCUT2D eigenvalue weighted by Crippen LogP contribution is -2.41. The molecule has 0 bridgehead atoms. The summed E-state index contributed by atoms with van der Waals surface area (Å²) >= 11 is 0. The molecule has 0 fully saturated rings. The molecule has 0 radical (unpaired) electrons. The number of benzene rings is 1. The Bertz CT molecular complexity index is 429. The van der Waals surface area contributed by atoms with Crippen LogP contribution in [0, 0.1) is 5.92 Å². The van der Waals surface area contributed by atoms with E-state index in [4.69, 9.17) is 4.74 Å². The van der Waals surface area contributed by atoms with E-state index in [9.17, 15) is 4.79 Å². The molecule has 0 aliphatic heterocycles. The zero-order valence-corrected chi connectivity index (χ0v) is 13.5. The zero-order chi connectivity index (χ0) is 15.3. The van der Waals surface area contributed by atoms with Gasteiger partial charge in [0.1, 0.15) is 6.04 Å². The predicted octanol–water partition coefficient (Wildman–Crippen LogP) is 3.27. The summed E-state index contributed by atoms with van der Waals surface area (Å²) in [4.78, 5) is 11.7. The molecule has 1 aromatic rings. The number of hydrogen-bond acceptors (Lipinski definition) is 3. The lowest BCUT2D eigenvalue weighted by Gasteiger charge is -2.21. The van der Waals surface area contributed by atoms with Gasteiger partial charge >= 0.3 is 5.97 Å². The van der Waals surface area contributed by atoms with Gasteiger partial charge in [0.05, 0.1) is 7.11 Å². The Morgan fingerprint density at radius 1 is 1.20 bits per heavy atom. The van der Waals surface area contributed by atoms with Crippen LogP contribution in [0.15, 0.2) is 24.3 Å². The number of rotatable bonds is 5. The van der Waals surface area contributed by atoms with E-state index in [1.165, 1.54) is 18.2 Å². The highest BCUT2D eigenvalue weighted by molar-refractivity contribution is 5.75. The van der Waals surface area contributed by atoms with Crippen molar-refractivity contribution in [2.24, 2.45) is 5.92 Å². The molecule has 0 aromatic heterocycles. The van der Waals surface area contributed by atoms with Crippen molar-refractivity contribution in [3.63, 3.8) is 0 Å². The Labute approximate surface area is 122 Å². The molecule has 0 saturated heterocycles. The van der Waals surface area contributed by atoms with E-state index < -0.39 is 0 Å². The summed E-state index contributed by atoms with van der Waals surface area (Å²) in [5, 5.41) is 3.27. The van der Waals surface area contributed by atoms with E-state index >= 15 is 0 Å². The van der Waals surface area contributed by atoms with Crippen LogP contribution in [0.5, 0.6) is 0 Å². The molecule has 1 rings (SSSR count). The Kier molecular flexibility index (Phi) is 5.75. The van der Waals surface area contributed by atoms with E-state index in [1.807, 2.05) is 13.8 Å². The second kappa shape index (κ2) is 6.89. The molecule has 112 valence electrons. The van der Waals surface area contributed by atoms with Crippen LogP contribution >= 0.6 is 0 Å². The molecule has 0 aliphatic rings. The van der Waals surface area contributed by atoms with Gasteiger partial charge in [-0.3, -0.25) is 4.79 Å². The molecule has 0 spiro atoms. The van der Waals surface area contributed by atoms with Gasteiger partial charge in [0.25, 0.3) is 0 Å². The third-order valence-corrected chi connectivity index (χ3v) is 3.47. The maximum absolute atomic E-state index is 11.7. The van der Waals surface area contributed by atoms with Crippen molar-refractivity contribution in [3.05, 3.63) is 35.4 Å². The lowest BCUT2D eigenvalue weighted by atomic mass is 9.87. The van der Waals surface area contributed by atoms with Crippen LogP contribution in [-0.2, 0) is 21.5 Å². The molecule has 0 saturated carbocycles. The summed E-state index contributed by atoms with van der Waals surface area (Å²) in [6.07, 6.45) is 0. The number of hydrogen-bond donors (Lipinski definition) is 1. The number of carbonyl (C=O) groups excluding carboxylic acids is 1. The molecule has 3 nitrogen and oxygen atoms in total. The standard InChI is InChI=1S/C17H27NO2/c1-12(2)15(16(19)20-6)18-11-13-7-9-14(10-8-13)17(3,4)5/h7-10,12,15,18H,11H2,1-6H3. The maximum Gasteiger partial charge on any atom is 0.323 e. The number of esters is 1. The monoisotopic (exact) mass is 277 g/mol. The highest BCUT2D eigenvalue weighted by Gasteiger charge is 2.22. The van der Waals surface area contributed by atoms with Gasteiger partial charge in [-0.25, -0.2) is 0 Å². The van der Waals surface area contributed by atoms with E-state index in [-0.39, 0.29) is 23.3 Å². The van der Waals surface area contributed by atoms with Crippen LogP contribution < -0.4 is 5.32 Å². The smallest absolute Gasteiger partial charge is 0.323 e. The second-order valence-corrected chi connectivity index (χ2v) is 6.57. The largest absolute Gasteiger partial charge is 0.468 e. The average Bonchev–Trinajstić information content (AvgIpc) is 2.37. The summed E-state index contributed by atoms with van der Waals surface area (Å²) in [5.41, 5.74) is 2.65. The molecular weight excluding hydrogens is 250 g/mol. The van der Waals surface area contributed by atoms with Crippen molar-refractivity contribution in [2.75, 3.05) is 7.11 Å². The minimum absolute atomic E-state index is 0.165. The quantitative estimate of drug-likeness (QED) is 0.839. The number of ether oxygens (including phenoxy) is 1.